The van der Waals surface area contributed by atoms with E-state index >= 15 is 0 Å². The maximum absolute atomic E-state index is 11.4. The topological polar surface area (TPSA) is 50.4 Å². The minimum atomic E-state index is -0.108. The lowest BCUT2D eigenvalue weighted by atomic mass is 9.98. The molecule has 0 spiro atoms. The molecule has 1 atom stereocenters. The third-order valence-electron chi connectivity index (χ3n) is 3.67. The van der Waals surface area contributed by atoms with Crippen LogP contribution in [0.15, 0.2) is 48.5 Å². The van der Waals surface area contributed by atoms with Gasteiger partial charge in [0.25, 0.3) is 5.91 Å². The van der Waals surface area contributed by atoms with Crippen LogP contribution in [0.3, 0.4) is 0 Å². The SMILES string of the molecule is CNC(Cc1ccccc1)c1ccc2c(c1)NC(=O)CO2. The number of amides is 1. The van der Waals surface area contributed by atoms with Gasteiger partial charge in [-0.2, -0.15) is 0 Å². The number of nitrogens with one attached hydrogen (secondary N) is 2. The Labute approximate surface area is 124 Å². The summed E-state index contributed by atoms with van der Waals surface area (Å²) in [5.41, 5.74) is 3.15. The minimum Gasteiger partial charge on any atom is -0.482 e. The first-order valence-electron chi connectivity index (χ1n) is 7.04. The summed E-state index contributed by atoms with van der Waals surface area (Å²) in [6, 6.07) is 16.5. The van der Waals surface area contributed by atoms with Gasteiger partial charge < -0.3 is 15.4 Å². The summed E-state index contributed by atoms with van der Waals surface area (Å²) < 4.78 is 5.39. The summed E-state index contributed by atoms with van der Waals surface area (Å²) in [7, 11) is 1.95. The van der Waals surface area contributed by atoms with Crippen LogP contribution in [0, 0.1) is 0 Å². The quantitative estimate of drug-likeness (QED) is 0.906. The minimum absolute atomic E-state index is 0.0891. The lowest BCUT2D eigenvalue weighted by Gasteiger charge is -2.22. The Morgan fingerprint density at radius 1 is 1.24 bits per heavy atom. The molecule has 1 amide bonds. The van der Waals surface area contributed by atoms with Gasteiger partial charge in [0.2, 0.25) is 0 Å². The average molecular weight is 282 g/mol. The molecule has 1 aliphatic rings. The highest BCUT2D eigenvalue weighted by molar-refractivity contribution is 5.95. The highest BCUT2D eigenvalue weighted by Crippen LogP contribution is 2.31. The van der Waals surface area contributed by atoms with Gasteiger partial charge >= 0.3 is 0 Å². The lowest BCUT2D eigenvalue weighted by molar-refractivity contribution is -0.118. The van der Waals surface area contributed by atoms with Gasteiger partial charge in [-0.05, 0) is 36.7 Å². The summed E-state index contributed by atoms with van der Waals surface area (Å²) in [4.78, 5) is 11.4. The number of rotatable bonds is 4. The first-order chi connectivity index (χ1) is 10.3. The smallest absolute Gasteiger partial charge is 0.262 e. The summed E-state index contributed by atoms with van der Waals surface area (Å²) in [6.07, 6.45) is 0.894. The highest BCUT2D eigenvalue weighted by Gasteiger charge is 2.18. The first-order valence-corrected chi connectivity index (χ1v) is 7.04. The van der Waals surface area contributed by atoms with Crippen molar-refractivity contribution in [3.63, 3.8) is 0 Å². The summed E-state index contributed by atoms with van der Waals surface area (Å²) in [6.45, 7) is 0.0891. The van der Waals surface area contributed by atoms with Crippen LogP contribution in [0.1, 0.15) is 17.2 Å². The van der Waals surface area contributed by atoms with Crippen LogP contribution in [0.5, 0.6) is 5.75 Å². The fourth-order valence-electron chi connectivity index (χ4n) is 2.55. The molecule has 1 heterocycles. The molecule has 2 aromatic carbocycles. The number of carbonyl (C=O) groups excluding carboxylic acids is 1. The molecule has 4 heteroatoms. The van der Waals surface area contributed by atoms with Gasteiger partial charge in [0.15, 0.2) is 6.61 Å². The van der Waals surface area contributed by atoms with Crippen molar-refractivity contribution in [2.24, 2.45) is 0 Å². The zero-order valence-corrected chi connectivity index (χ0v) is 11.9. The van der Waals surface area contributed by atoms with E-state index in [4.69, 9.17) is 4.74 Å². The molecule has 0 bridgehead atoms. The van der Waals surface area contributed by atoms with Gasteiger partial charge in [-0.25, -0.2) is 0 Å². The molecular formula is C17H18N2O2. The van der Waals surface area contributed by atoms with Crippen LogP contribution in [0.25, 0.3) is 0 Å². The molecule has 4 nitrogen and oxygen atoms in total. The van der Waals surface area contributed by atoms with E-state index in [1.54, 1.807) is 0 Å². The monoisotopic (exact) mass is 282 g/mol. The number of hydrogen-bond donors (Lipinski definition) is 2. The summed E-state index contributed by atoms with van der Waals surface area (Å²) in [5, 5.41) is 6.18. The number of hydrogen-bond acceptors (Lipinski definition) is 3. The Hall–Kier alpha value is -2.33. The van der Waals surface area contributed by atoms with E-state index in [0.29, 0.717) is 0 Å². The van der Waals surface area contributed by atoms with E-state index in [-0.39, 0.29) is 18.6 Å². The van der Waals surface area contributed by atoms with Crippen molar-refractivity contribution < 1.29 is 9.53 Å². The largest absolute Gasteiger partial charge is 0.482 e. The van der Waals surface area contributed by atoms with Crippen molar-refractivity contribution in [1.82, 2.24) is 5.32 Å². The zero-order chi connectivity index (χ0) is 14.7. The van der Waals surface area contributed by atoms with Crippen LogP contribution < -0.4 is 15.4 Å². The molecule has 1 aliphatic heterocycles. The Kier molecular flexibility index (Phi) is 3.88. The number of fused-ring (bicyclic) bond motifs is 1. The Morgan fingerprint density at radius 3 is 2.81 bits per heavy atom. The number of benzene rings is 2. The maximum atomic E-state index is 11.4. The van der Waals surface area contributed by atoms with E-state index in [2.05, 4.69) is 22.8 Å². The van der Waals surface area contributed by atoms with E-state index < -0.39 is 0 Å². The van der Waals surface area contributed by atoms with Gasteiger partial charge in [-0.3, -0.25) is 4.79 Å². The number of likely N-dealkylation sites (N-methyl/N-ethyl adjacent to an activating group) is 1. The van der Waals surface area contributed by atoms with E-state index in [1.807, 2.05) is 43.4 Å². The molecule has 21 heavy (non-hydrogen) atoms. The Bertz CT molecular complexity index is 640. The van der Waals surface area contributed by atoms with Crippen molar-refractivity contribution in [3.05, 3.63) is 59.7 Å². The molecule has 2 N–H and O–H groups in total. The zero-order valence-electron chi connectivity index (χ0n) is 11.9. The molecule has 0 saturated heterocycles. The molecule has 0 radical (unpaired) electrons. The van der Waals surface area contributed by atoms with E-state index in [0.717, 1.165) is 23.4 Å². The van der Waals surface area contributed by atoms with Crippen molar-refractivity contribution in [3.8, 4) is 5.75 Å². The molecule has 108 valence electrons. The molecule has 1 unspecified atom stereocenters. The fourth-order valence-corrected chi connectivity index (χ4v) is 2.55. The molecule has 2 aromatic rings. The molecule has 0 aromatic heterocycles. The van der Waals surface area contributed by atoms with Crippen LogP contribution >= 0.6 is 0 Å². The second kappa shape index (κ2) is 5.97. The Balaban J connectivity index is 1.84. The maximum Gasteiger partial charge on any atom is 0.262 e. The van der Waals surface area contributed by atoms with Crippen molar-refractivity contribution in [2.45, 2.75) is 12.5 Å². The molecular weight excluding hydrogens is 264 g/mol. The molecule has 3 rings (SSSR count). The normalized spacial score (nSPS) is 14.8. The highest BCUT2D eigenvalue weighted by atomic mass is 16.5. The Morgan fingerprint density at radius 2 is 2.05 bits per heavy atom. The third-order valence-corrected chi connectivity index (χ3v) is 3.67. The van der Waals surface area contributed by atoms with Crippen LogP contribution in [-0.4, -0.2) is 19.6 Å². The predicted octanol–water partition coefficient (Wildman–Crippen LogP) is 2.52. The van der Waals surface area contributed by atoms with Gasteiger partial charge in [-0.15, -0.1) is 0 Å². The predicted molar refractivity (Wildman–Crippen MR) is 82.5 cm³/mol. The van der Waals surface area contributed by atoms with Gasteiger partial charge in [-0.1, -0.05) is 36.4 Å². The van der Waals surface area contributed by atoms with Crippen LogP contribution in [0.2, 0.25) is 0 Å². The van der Waals surface area contributed by atoms with Crippen LogP contribution in [0.4, 0.5) is 5.69 Å². The second-order valence-corrected chi connectivity index (χ2v) is 5.12. The summed E-state index contributed by atoms with van der Waals surface area (Å²) >= 11 is 0. The van der Waals surface area contributed by atoms with Crippen molar-refractivity contribution in [2.75, 3.05) is 19.0 Å². The number of carbonyl (C=O) groups is 1. The van der Waals surface area contributed by atoms with Crippen molar-refractivity contribution in [1.29, 1.82) is 0 Å². The van der Waals surface area contributed by atoms with Crippen LogP contribution in [-0.2, 0) is 11.2 Å². The average Bonchev–Trinajstić information content (AvgIpc) is 2.53. The number of ether oxygens (including phenoxy) is 1. The molecule has 0 fully saturated rings. The molecule has 0 saturated carbocycles. The third kappa shape index (κ3) is 3.06. The number of anilines is 1. The van der Waals surface area contributed by atoms with Crippen molar-refractivity contribution >= 4 is 11.6 Å². The van der Waals surface area contributed by atoms with Gasteiger partial charge in [0.1, 0.15) is 5.75 Å². The fraction of sp³-hybridized carbons (Fsp3) is 0.235. The van der Waals surface area contributed by atoms with E-state index in [1.165, 1.54) is 5.56 Å². The van der Waals surface area contributed by atoms with Gasteiger partial charge in [0.05, 0.1) is 5.69 Å². The van der Waals surface area contributed by atoms with Gasteiger partial charge in [0, 0.05) is 6.04 Å². The second-order valence-electron chi connectivity index (χ2n) is 5.12. The summed E-state index contributed by atoms with van der Waals surface area (Å²) in [5.74, 6) is 0.622. The molecule has 0 aliphatic carbocycles. The lowest BCUT2D eigenvalue weighted by Crippen LogP contribution is -2.26. The van der Waals surface area contributed by atoms with E-state index in [9.17, 15) is 4.79 Å². The standard InChI is InChI=1S/C17H18N2O2/c1-18-14(9-12-5-3-2-4-6-12)13-7-8-16-15(10-13)19-17(20)11-21-16/h2-8,10,14,18H,9,11H2,1H3,(H,19,20). The first kappa shape index (κ1) is 13.6.